The van der Waals surface area contributed by atoms with Gasteiger partial charge in [0.05, 0.1) is 0 Å². The van der Waals surface area contributed by atoms with Crippen molar-refractivity contribution in [1.82, 2.24) is 0 Å². The van der Waals surface area contributed by atoms with E-state index in [0.717, 1.165) is 11.8 Å². The van der Waals surface area contributed by atoms with Crippen LogP contribution in [0.3, 0.4) is 0 Å². The molecule has 12 nitrogen and oxygen atoms in total. The Kier molecular flexibility index (Phi) is 20.8. The summed E-state index contributed by atoms with van der Waals surface area (Å²) in [6.07, 6.45) is 10.6. The van der Waals surface area contributed by atoms with Crippen LogP contribution in [0.2, 0.25) is 0 Å². The van der Waals surface area contributed by atoms with Crippen LogP contribution in [0, 0.1) is 5.92 Å². The third kappa shape index (κ3) is 21.1. The second-order valence-electron chi connectivity index (χ2n) is 9.69. The van der Waals surface area contributed by atoms with E-state index < -0.39 is 36.2 Å². The van der Waals surface area contributed by atoms with Gasteiger partial charge in [0.15, 0.2) is 5.92 Å². The summed E-state index contributed by atoms with van der Waals surface area (Å²) >= 11 is 0. The minimum atomic E-state index is -1.45. The topological polar surface area (TPSA) is 227 Å². The standard InChI is InChI=1S/C10H10O5.C8H8O.C7H6O2.C6H12.C3H4O4/c11-7-3-1-6(2-4-7)5-8(9(12)13)10(14)15;1-2-7-3-5-8(9)6-4-7;8-5-6-1-3-7(9)4-2-6;1-2-4-6-5-3-1;4-2(5)1-3(6)7/h1-4,8,11H,5H2,(H,12,13)(H,14,15);2-6,9H,1H2;1-5,9H;1-6H2;1H2,(H,4,5)(H,6,7). The summed E-state index contributed by atoms with van der Waals surface area (Å²) in [4.78, 5) is 50.1. The maximum atomic E-state index is 10.6. The van der Waals surface area contributed by atoms with Gasteiger partial charge in [-0.15, -0.1) is 0 Å². The molecule has 1 fully saturated rings. The molecule has 0 aliphatic heterocycles. The Bertz CT molecular complexity index is 1260. The summed E-state index contributed by atoms with van der Waals surface area (Å²) in [5.74, 6) is -6.28. The second-order valence-corrected chi connectivity index (χ2v) is 9.69. The SMILES string of the molecule is C1CCCCC1.C=Cc1ccc(O)cc1.O=C(O)C(Cc1ccc(O)cc1)C(=O)O.O=C(O)CC(=O)O.O=Cc1ccc(O)cc1. The van der Waals surface area contributed by atoms with E-state index in [1.54, 1.807) is 30.3 Å². The molecule has 3 aromatic carbocycles. The van der Waals surface area contributed by atoms with E-state index in [1.807, 2.05) is 12.1 Å². The van der Waals surface area contributed by atoms with Gasteiger partial charge in [-0.1, -0.05) is 75.4 Å². The van der Waals surface area contributed by atoms with E-state index in [0.29, 0.717) is 16.9 Å². The van der Waals surface area contributed by atoms with Gasteiger partial charge in [0.25, 0.3) is 0 Å². The molecule has 12 heteroatoms. The molecule has 0 amide bonds. The van der Waals surface area contributed by atoms with Gasteiger partial charge >= 0.3 is 23.9 Å². The fourth-order valence-corrected chi connectivity index (χ4v) is 3.50. The van der Waals surface area contributed by atoms with Crippen LogP contribution in [0.4, 0.5) is 0 Å². The maximum Gasteiger partial charge on any atom is 0.318 e. The van der Waals surface area contributed by atoms with Gasteiger partial charge in [0.1, 0.15) is 30.0 Å². The maximum absolute atomic E-state index is 10.6. The lowest BCUT2D eigenvalue weighted by Crippen LogP contribution is -2.25. The summed E-state index contributed by atoms with van der Waals surface area (Å²) in [6.45, 7) is 3.58. The smallest absolute Gasteiger partial charge is 0.318 e. The Labute approximate surface area is 266 Å². The molecule has 0 radical (unpaired) electrons. The second kappa shape index (κ2) is 23.8. The van der Waals surface area contributed by atoms with E-state index in [2.05, 4.69) is 6.58 Å². The molecule has 0 unspecified atom stereocenters. The number of carboxylic acids is 4. The molecule has 1 saturated carbocycles. The van der Waals surface area contributed by atoms with Crippen molar-refractivity contribution in [3.63, 3.8) is 0 Å². The first-order valence-electron chi connectivity index (χ1n) is 14.1. The molecule has 0 bridgehead atoms. The molecule has 0 spiro atoms. The van der Waals surface area contributed by atoms with E-state index in [9.17, 15) is 24.0 Å². The van der Waals surface area contributed by atoms with Gasteiger partial charge in [0, 0.05) is 5.56 Å². The van der Waals surface area contributed by atoms with Crippen LogP contribution in [0.5, 0.6) is 17.2 Å². The monoisotopic (exact) mass is 640 g/mol. The predicted molar refractivity (Wildman–Crippen MR) is 170 cm³/mol. The highest BCUT2D eigenvalue weighted by molar-refractivity contribution is 5.93. The van der Waals surface area contributed by atoms with Gasteiger partial charge < -0.3 is 35.7 Å². The van der Waals surface area contributed by atoms with Crippen molar-refractivity contribution >= 4 is 36.2 Å². The fraction of sp³-hybridized carbons (Fsp3) is 0.265. The third-order valence-corrected chi connectivity index (χ3v) is 5.93. The zero-order chi connectivity index (χ0) is 34.9. The summed E-state index contributed by atoms with van der Waals surface area (Å²) < 4.78 is 0. The first-order valence-corrected chi connectivity index (χ1v) is 14.1. The van der Waals surface area contributed by atoms with E-state index in [4.69, 9.17) is 35.7 Å². The number of benzene rings is 3. The number of aldehydes is 1. The van der Waals surface area contributed by atoms with Crippen molar-refractivity contribution in [2.75, 3.05) is 0 Å². The van der Waals surface area contributed by atoms with Gasteiger partial charge in [-0.25, -0.2) is 0 Å². The zero-order valence-electron chi connectivity index (χ0n) is 25.2. The fourth-order valence-electron chi connectivity index (χ4n) is 3.50. The Balaban J connectivity index is 0.000000573. The molecule has 0 heterocycles. The summed E-state index contributed by atoms with van der Waals surface area (Å²) in [5, 5.41) is 59.2. The lowest BCUT2D eigenvalue weighted by Gasteiger charge is -2.06. The molecule has 3 aromatic rings. The van der Waals surface area contributed by atoms with E-state index >= 15 is 0 Å². The van der Waals surface area contributed by atoms with Crippen LogP contribution >= 0.6 is 0 Å². The molecule has 1 aliphatic carbocycles. The summed E-state index contributed by atoms with van der Waals surface area (Å²) in [7, 11) is 0. The van der Waals surface area contributed by atoms with Crippen molar-refractivity contribution < 1.29 is 59.7 Å². The Morgan fingerprint density at radius 2 is 0.913 bits per heavy atom. The number of rotatable bonds is 8. The van der Waals surface area contributed by atoms with Crippen molar-refractivity contribution in [2.45, 2.75) is 51.4 Å². The quantitative estimate of drug-likeness (QED) is 0.114. The Hall–Kier alpha value is -5.65. The predicted octanol–water partition coefficient (Wildman–Crippen LogP) is 5.85. The van der Waals surface area contributed by atoms with Crippen molar-refractivity contribution in [3.8, 4) is 17.2 Å². The highest BCUT2D eigenvalue weighted by Gasteiger charge is 2.25. The molecule has 248 valence electrons. The molecule has 0 saturated heterocycles. The average Bonchev–Trinajstić information content (AvgIpc) is 3.02. The highest BCUT2D eigenvalue weighted by atomic mass is 16.4. The molecule has 4 rings (SSSR count). The summed E-state index contributed by atoms with van der Waals surface area (Å²) in [6, 6.07) is 18.7. The van der Waals surface area contributed by atoms with Crippen LogP contribution < -0.4 is 0 Å². The average molecular weight is 641 g/mol. The lowest BCUT2D eigenvalue weighted by molar-refractivity contribution is -0.154. The molecule has 0 atom stereocenters. The van der Waals surface area contributed by atoms with Crippen LogP contribution in [0.1, 0.15) is 66.4 Å². The van der Waals surface area contributed by atoms with E-state index in [-0.39, 0.29) is 17.9 Å². The number of aliphatic carboxylic acids is 4. The molecular weight excluding hydrogens is 600 g/mol. The van der Waals surface area contributed by atoms with Crippen LogP contribution in [0.15, 0.2) is 79.4 Å². The van der Waals surface area contributed by atoms with Crippen LogP contribution in [0.25, 0.3) is 6.08 Å². The largest absolute Gasteiger partial charge is 0.508 e. The van der Waals surface area contributed by atoms with Crippen molar-refractivity contribution in [2.24, 2.45) is 5.92 Å². The van der Waals surface area contributed by atoms with Crippen molar-refractivity contribution in [3.05, 3.63) is 96.1 Å². The normalized spacial score (nSPS) is 11.2. The van der Waals surface area contributed by atoms with Gasteiger partial charge in [-0.3, -0.25) is 24.0 Å². The number of carbonyl (C=O) groups is 5. The summed E-state index contributed by atoms with van der Waals surface area (Å²) in [5.41, 5.74) is 2.16. The molecule has 0 aromatic heterocycles. The Morgan fingerprint density at radius 3 is 1.17 bits per heavy atom. The minimum absolute atomic E-state index is 0.0564. The number of hydrogen-bond donors (Lipinski definition) is 7. The molecule has 7 N–H and O–H groups in total. The van der Waals surface area contributed by atoms with Crippen LogP contribution in [-0.4, -0.2) is 65.9 Å². The lowest BCUT2D eigenvalue weighted by atomic mass is 10.00. The number of hydrogen-bond acceptors (Lipinski definition) is 8. The first-order chi connectivity index (χ1) is 21.8. The van der Waals surface area contributed by atoms with E-state index in [1.165, 1.54) is 74.9 Å². The molecule has 1 aliphatic rings. The number of phenols is 3. The number of aromatic hydroxyl groups is 3. The van der Waals surface area contributed by atoms with Crippen LogP contribution in [-0.2, 0) is 25.6 Å². The van der Waals surface area contributed by atoms with Gasteiger partial charge in [-0.2, -0.15) is 0 Å². The van der Waals surface area contributed by atoms with Gasteiger partial charge in [0.2, 0.25) is 0 Å². The number of carboxylic acid groups (broad SMARTS) is 4. The van der Waals surface area contributed by atoms with Crippen molar-refractivity contribution in [1.29, 1.82) is 0 Å². The number of phenolic OH excluding ortho intramolecular Hbond substituents is 3. The zero-order valence-corrected chi connectivity index (χ0v) is 25.2. The molecule has 46 heavy (non-hydrogen) atoms. The number of carbonyl (C=O) groups excluding carboxylic acids is 1. The first kappa shape index (κ1) is 40.4. The minimum Gasteiger partial charge on any atom is -0.508 e. The highest BCUT2D eigenvalue weighted by Crippen LogP contribution is 2.16. The Morgan fingerprint density at radius 1 is 0.587 bits per heavy atom. The van der Waals surface area contributed by atoms with Gasteiger partial charge in [-0.05, 0) is 66.1 Å². The molecular formula is C34H40O12. The third-order valence-electron chi connectivity index (χ3n) is 5.93.